The molecule has 0 aliphatic rings. The number of nitrogens with zero attached hydrogens (tertiary/aromatic N) is 2. The Bertz CT molecular complexity index is 1010. The zero-order valence-corrected chi connectivity index (χ0v) is 16.4. The van der Waals surface area contributed by atoms with Gasteiger partial charge in [-0.05, 0) is 24.3 Å². The molecule has 0 aliphatic heterocycles. The highest BCUT2D eigenvalue weighted by Crippen LogP contribution is 2.36. The fraction of sp³-hybridized carbons (Fsp3) is 0.167. The first kappa shape index (κ1) is 20.5. The number of alkyl halides is 3. The largest absolute Gasteiger partial charge is 0.381 e. The van der Waals surface area contributed by atoms with Gasteiger partial charge in [-0.3, -0.25) is 4.68 Å². The third-order valence-electron chi connectivity index (χ3n) is 3.99. The summed E-state index contributed by atoms with van der Waals surface area (Å²) in [4.78, 5) is 0. The number of hydrogen-bond donors (Lipinski definition) is 1. The Balaban J connectivity index is 1.83. The molecule has 28 heavy (non-hydrogen) atoms. The van der Waals surface area contributed by atoms with Crippen molar-refractivity contribution in [2.24, 2.45) is 7.05 Å². The van der Waals surface area contributed by atoms with Crippen molar-refractivity contribution >= 4 is 28.3 Å². The third-order valence-corrected chi connectivity index (χ3v) is 4.54. The molecule has 0 fully saturated rings. The molecule has 0 atom stereocenters. The summed E-state index contributed by atoms with van der Waals surface area (Å²) in [6.07, 6.45) is 0. The minimum atomic E-state index is -3.20. The molecule has 0 saturated carbocycles. The Morgan fingerprint density at radius 3 is 2.18 bits per heavy atom. The van der Waals surface area contributed by atoms with Crippen LogP contribution in [0.4, 0.5) is 32.0 Å². The molecule has 1 N–H and O–H groups in total. The van der Waals surface area contributed by atoms with E-state index in [1.165, 1.54) is 19.2 Å². The smallest absolute Gasteiger partial charge is 0.339 e. The molecule has 1 heterocycles. The lowest BCUT2D eigenvalue weighted by Gasteiger charge is -2.10. The molecule has 0 radical (unpaired) electrons. The van der Waals surface area contributed by atoms with Crippen LogP contribution in [0.2, 0.25) is 0 Å². The molecule has 3 rings (SSSR count). The molecule has 148 valence electrons. The molecular weight excluding hydrogens is 499 g/mol. The van der Waals surface area contributed by atoms with Gasteiger partial charge in [-0.2, -0.15) is 13.9 Å². The second-order valence-electron chi connectivity index (χ2n) is 5.93. The van der Waals surface area contributed by atoms with Crippen molar-refractivity contribution in [2.45, 2.75) is 10.5 Å². The summed E-state index contributed by atoms with van der Waals surface area (Å²) < 4.78 is 79.5. The molecule has 1 aromatic heterocycles. The molecule has 10 heteroatoms. The molecule has 0 unspecified atom stereocenters. The Hall–Kier alpha value is -2.24. The van der Waals surface area contributed by atoms with Crippen LogP contribution >= 0.6 is 22.6 Å². The number of hydrogen-bond acceptors (Lipinski definition) is 2. The van der Waals surface area contributed by atoms with Crippen molar-refractivity contribution in [3.05, 3.63) is 70.9 Å². The van der Waals surface area contributed by atoms with E-state index in [0.29, 0.717) is 12.1 Å². The highest BCUT2D eigenvalue weighted by Gasteiger charge is 2.31. The molecule has 0 spiro atoms. The lowest BCUT2D eigenvalue weighted by molar-refractivity contribution is 0.121. The van der Waals surface area contributed by atoms with Crippen LogP contribution in [-0.4, -0.2) is 9.78 Å². The van der Waals surface area contributed by atoms with Gasteiger partial charge in [0.25, 0.3) is 0 Å². The number of halogens is 7. The standard InChI is InChI=1S/C18H12F6IN3/c1-28-16(7-17(27-28)18(23,24)25)11-3-2-10(6-15(11)22)26-8-12-13(20)4-9(19)5-14(12)21/h2-7,26H,8H2,1H3. The van der Waals surface area contributed by atoms with Crippen molar-refractivity contribution in [1.82, 2.24) is 9.78 Å². The van der Waals surface area contributed by atoms with E-state index in [1.54, 1.807) is 0 Å². The van der Waals surface area contributed by atoms with Gasteiger partial charge in [-0.1, -0.05) is 0 Å². The van der Waals surface area contributed by atoms with Crippen molar-refractivity contribution in [1.29, 1.82) is 0 Å². The quantitative estimate of drug-likeness (QED) is 0.269. The lowest BCUT2D eigenvalue weighted by Crippen LogP contribution is -2.06. The van der Waals surface area contributed by atoms with Crippen molar-refractivity contribution < 1.29 is 26.3 Å². The van der Waals surface area contributed by atoms with Crippen LogP contribution in [0.3, 0.4) is 0 Å². The summed E-state index contributed by atoms with van der Waals surface area (Å²) in [7, 11) is 1.41. The Morgan fingerprint density at radius 1 is 1.00 bits per heavy atom. The molecule has 0 bridgehead atoms. The van der Waals surface area contributed by atoms with E-state index in [-0.39, 0.29) is 23.5 Å². The monoisotopic (exact) mass is 511 g/mol. The van der Waals surface area contributed by atoms with Crippen LogP contribution < -0.4 is 5.32 Å². The van der Waals surface area contributed by atoms with Crippen LogP contribution in [0.15, 0.2) is 36.4 Å². The maximum atomic E-state index is 14.5. The number of nitrogens with one attached hydrogen (secondary N) is 1. The molecule has 2 aromatic carbocycles. The van der Waals surface area contributed by atoms with E-state index in [1.807, 2.05) is 0 Å². The summed E-state index contributed by atoms with van der Waals surface area (Å²) in [5.74, 6) is -3.91. The van der Waals surface area contributed by atoms with Crippen LogP contribution in [-0.2, 0) is 17.5 Å². The lowest BCUT2D eigenvalue weighted by atomic mass is 10.1. The van der Waals surface area contributed by atoms with E-state index in [4.69, 9.17) is 0 Å². The number of benzene rings is 2. The van der Waals surface area contributed by atoms with Gasteiger partial charge in [0.15, 0.2) is 0 Å². The van der Waals surface area contributed by atoms with E-state index in [0.717, 1.165) is 39.4 Å². The average molecular weight is 511 g/mol. The summed E-state index contributed by atoms with van der Waals surface area (Å²) >= 11 is 0.932. The SMILES string of the molecule is Cn1nc(C(F)(F)I)cc1-c1ccc(NCc2c(F)cc(F)cc2F)cc1F. The fourth-order valence-electron chi connectivity index (χ4n) is 2.62. The molecule has 0 saturated heterocycles. The maximum Gasteiger partial charge on any atom is 0.339 e. The second-order valence-corrected chi connectivity index (χ2v) is 7.29. The Morgan fingerprint density at radius 2 is 1.64 bits per heavy atom. The van der Waals surface area contributed by atoms with Gasteiger partial charge in [0, 0.05) is 65.1 Å². The molecule has 3 nitrogen and oxygen atoms in total. The number of aromatic nitrogens is 2. The Kier molecular flexibility index (Phi) is 5.60. The zero-order chi connectivity index (χ0) is 20.6. The average Bonchev–Trinajstić information content (AvgIpc) is 2.96. The summed E-state index contributed by atoms with van der Waals surface area (Å²) in [5.41, 5.74) is -0.524. The van der Waals surface area contributed by atoms with Crippen LogP contribution in [0.25, 0.3) is 11.3 Å². The second kappa shape index (κ2) is 7.64. The first-order valence-corrected chi connectivity index (χ1v) is 8.92. The van der Waals surface area contributed by atoms with Crippen LogP contribution in [0, 0.1) is 23.3 Å². The maximum absolute atomic E-state index is 14.5. The van der Waals surface area contributed by atoms with Crippen LogP contribution in [0.1, 0.15) is 11.3 Å². The third kappa shape index (κ3) is 4.26. The van der Waals surface area contributed by atoms with E-state index < -0.39 is 38.5 Å². The first-order chi connectivity index (χ1) is 13.1. The highest BCUT2D eigenvalue weighted by atomic mass is 127. The summed E-state index contributed by atoms with van der Waals surface area (Å²) in [6, 6.07) is 6.00. The van der Waals surface area contributed by atoms with Gasteiger partial charge < -0.3 is 5.32 Å². The van der Waals surface area contributed by atoms with Gasteiger partial charge in [0.2, 0.25) is 0 Å². The first-order valence-electron chi connectivity index (χ1n) is 7.84. The minimum Gasteiger partial charge on any atom is -0.381 e. The Labute approximate surface area is 169 Å². The predicted octanol–water partition coefficient (Wildman–Crippen LogP) is 5.74. The van der Waals surface area contributed by atoms with Crippen molar-refractivity contribution in [2.75, 3.05) is 5.32 Å². The minimum absolute atomic E-state index is 0.0339. The highest BCUT2D eigenvalue weighted by molar-refractivity contribution is 14.1. The number of aryl methyl sites for hydroxylation is 1. The normalized spacial score (nSPS) is 11.7. The van der Waals surface area contributed by atoms with Crippen molar-refractivity contribution in [3.63, 3.8) is 0 Å². The van der Waals surface area contributed by atoms with Gasteiger partial charge in [0.1, 0.15) is 29.0 Å². The zero-order valence-electron chi connectivity index (χ0n) is 14.2. The number of rotatable bonds is 5. The predicted molar refractivity (Wildman–Crippen MR) is 100 cm³/mol. The summed E-state index contributed by atoms with van der Waals surface area (Å²) in [5, 5.41) is 6.33. The topological polar surface area (TPSA) is 29.9 Å². The van der Waals surface area contributed by atoms with Crippen LogP contribution in [0.5, 0.6) is 0 Å². The molecule has 0 aliphatic carbocycles. The van der Waals surface area contributed by atoms with E-state index in [9.17, 15) is 26.3 Å². The number of anilines is 1. The van der Waals surface area contributed by atoms with Crippen molar-refractivity contribution in [3.8, 4) is 11.3 Å². The van der Waals surface area contributed by atoms with Gasteiger partial charge in [-0.15, -0.1) is 0 Å². The molecular formula is C18H12F6IN3. The van der Waals surface area contributed by atoms with Gasteiger partial charge in [-0.25, -0.2) is 17.6 Å². The van der Waals surface area contributed by atoms with Gasteiger partial charge >= 0.3 is 3.93 Å². The van der Waals surface area contributed by atoms with Gasteiger partial charge in [0.05, 0.1) is 5.69 Å². The molecule has 0 amide bonds. The molecule has 3 aromatic rings. The van der Waals surface area contributed by atoms with E-state index >= 15 is 0 Å². The van der Waals surface area contributed by atoms with E-state index in [2.05, 4.69) is 10.4 Å². The fourth-order valence-corrected chi connectivity index (χ4v) is 2.89. The summed E-state index contributed by atoms with van der Waals surface area (Å²) in [6.45, 7) is -0.340.